The minimum Gasteiger partial charge on any atom is -0.325 e. The van der Waals surface area contributed by atoms with Crippen molar-refractivity contribution in [1.82, 2.24) is 14.3 Å². The van der Waals surface area contributed by atoms with Crippen LogP contribution in [0.3, 0.4) is 0 Å². The second-order valence-corrected chi connectivity index (χ2v) is 7.26. The Morgan fingerprint density at radius 3 is 2.70 bits per heavy atom. The average molecular weight is 336 g/mol. The molecule has 0 aliphatic carbocycles. The molecule has 3 rings (SSSR count). The molecule has 1 fully saturated rings. The largest absolute Gasteiger partial charge is 0.325 e. The van der Waals surface area contributed by atoms with Gasteiger partial charge in [-0.2, -0.15) is 4.31 Å². The van der Waals surface area contributed by atoms with Gasteiger partial charge in [0.1, 0.15) is 5.82 Å². The van der Waals surface area contributed by atoms with Gasteiger partial charge in [-0.25, -0.2) is 12.8 Å². The molecule has 6 nitrogen and oxygen atoms in total. The lowest BCUT2D eigenvalue weighted by Crippen LogP contribution is -2.31. The molecule has 0 amide bonds. The number of sulfonamides is 1. The smallest absolute Gasteiger partial charge is 0.243 e. The second-order valence-electron chi connectivity index (χ2n) is 5.37. The normalized spacial score (nSPS) is 19.1. The zero-order chi connectivity index (χ0) is 16.4. The summed E-state index contributed by atoms with van der Waals surface area (Å²) in [6.07, 6.45) is 4.54. The molecule has 1 aromatic carbocycles. The third-order valence-corrected chi connectivity index (χ3v) is 5.80. The topological polar surface area (TPSA) is 89.2 Å². The maximum atomic E-state index is 13.0. The summed E-state index contributed by atoms with van der Waals surface area (Å²) in [6, 6.07) is 4.48. The van der Waals surface area contributed by atoms with Crippen LogP contribution in [0.25, 0.3) is 0 Å². The molecular formula is C15H17FN4O2S. The van der Waals surface area contributed by atoms with Gasteiger partial charge >= 0.3 is 0 Å². The number of rotatable bonds is 4. The van der Waals surface area contributed by atoms with Crippen molar-refractivity contribution in [3.05, 3.63) is 53.9 Å². The Kier molecular flexibility index (Phi) is 4.38. The molecule has 8 heteroatoms. The molecule has 1 aromatic heterocycles. The van der Waals surface area contributed by atoms with E-state index in [-0.39, 0.29) is 17.5 Å². The highest BCUT2D eigenvalue weighted by atomic mass is 32.2. The molecular weight excluding hydrogens is 319 g/mol. The minimum atomic E-state index is -3.70. The van der Waals surface area contributed by atoms with Crippen LogP contribution in [0, 0.1) is 5.82 Å². The maximum absolute atomic E-state index is 13.0. The Hall–Kier alpha value is -1.90. The first-order valence-corrected chi connectivity index (χ1v) is 8.74. The van der Waals surface area contributed by atoms with Crippen molar-refractivity contribution in [2.75, 3.05) is 6.54 Å². The van der Waals surface area contributed by atoms with E-state index in [0.29, 0.717) is 24.4 Å². The molecule has 2 heterocycles. The van der Waals surface area contributed by atoms with Crippen LogP contribution in [0.5, 0.6) is 0 Å². The van der Waals surface area contributed by atoms with Crippen molar-refractivity contribution in [2.45, 2.75) is 30.3 Å². The Labute approximate surface area is 134 Å². The second kappa shape index (κ2) is 6.31. The van der Waals surface area contributed by atoms with Gasteiger partial charge < -0.3 is 5.73 Å². The molecule has 1 aliphatic heterocycles. The van der Waals surface area contributed by atoms with Crippen LogP contribution in [0.15, 0.2) is 41.6 Å². The van der Waals surface area contributed by atoms with Gasteiger partial charge in [0.25, 0.3) is 0 Å². The molecule has 1 unspecified atom stereocenters. The van der Waals surface area contributed by atoms with E-state index in [2.05, 4.69) is 9.97 Å². The highest BCUT2D eigenvalue weighted by molar-refractivity contribution is 7.89. The third-order valence-electron chi connectivity index (χ3n) is 3.88. The van der Waals surface area contributed by atoms with Crippen molar-refractivity contribution >= 4 is 10.0 Å². The summed E-state index contributed by atoms with van der Waals surface area (Å²) < 4.78 is 40.1. The molecule has 122 valence electrons. The molecule has 23 heavy (non-hydrogen) atoms. The summed E-state index contributed by atoms with van der Waals surface area (Å²) in [7, 11) is -3.70. The lowest BCUT2D eigenvalue weighted by molar-refractivity contribution is 0.389. The van der Waals surface area contributed by atoms with Crippen molar-refractivity contribution < 1.29 is 12.8 Å². The summed E-state index contributed by atoms with van der Waals surface area (Å²) in [6.45, 7) is 0.650. The molecule has 0 spiro atoms. The summed E-state index contributed by atoms with van der Waals surface area (Å²) in [5.41, 5.74) is 6.79. The van der Waals surface area contributed by atoms with E-state index < -0.39 is 15.8 Å². The zero-order valence-electron chi connectivity index (χ0n) is 12.4. The number of hydrogen-bond donors (Lipinski definition) is 1. The Balaban J connectivity index is 1.96. The SMILES string of the molecule is NCc1cncc(C2CCCN2S(=O)(=O)c2ccc(F)cc2)n1. The predicted molar refractivity (Wildman–Crippen MR) is 82.2 cm³/mol. The van der Waals surface area contributed by atoms with Crippen LogP contribution in [0.2, 0.25) is 0 Å². The summed E-state index contributed by atoms with van der Waals surface area (Å²) >= 11 is 0. The number of hydrogen-bond acceptors (Lipinski definition) is 5. The van der Waals surface area contributed by atoms with Crippen LogP contribution in [-0.2, 0) is 16.6 Å². The number of halogens is 1. The van der Waals surface area contributed by atoms with Gasteiger partial charge in [0.15, 0.2) is 0 Å². The van der Waals surface area contributed by atoms with Gasteiger partial charge in [0.2, 0.25) is 10.0 Å². The standard InChI is InChI=1S/C15H17FN4O2S/c16-11-3-5-13(6-4-11)23(21,22)20-7-1-2-15(20)14-10-18-9-12(8-17)19-14/h3-6,9-10,15H,1-2,7-8,17H2. The molecule has 0 saturated carbocycles. The zero-order valence-corrected chi connectivity index (χ0v) is 13.2. The predicted octanol–water partition coefficient (Wildman–Crippen LogP) is 1.60. The van der Waals surface area contributed by atoms with E-state index in [9.17, 15) is 12.8 Å². The van der Waals surface area contributed by atoms with E-state index in [0.717, 1.165) is 18.6 Å². The highest BCUT2D eigenvalue weighted by Gasteiger charge is 2.37. The molecule has 1 saturated heterocycles. The van der Waals surface area contributed by atoms with Crippen LogP contribution in [0.1, 0.15) is 30.3 Å². The Morgan fingerprint density at radius 1 is 1.26 bits per heavy atom. The quantitative estimate of drug-likeness (QED) is 0.916. The van der Waals surface area contributed by atoms with Crippen molar-refractivity contribution in [3.63, 3.8) is 0 Å². The van der Waals surface area contributed by atoms with Crippen LogP contribution in [0.4, 0.5) is 4.39 Å². The fraction of sp³-hybridized carbons (Fsp3) is 0.333. The molecule has 2 N–H and O–H groups in total. The Morgan fingerprint density at radius 2 is 2.00 bits per heavy atom. The first-order valence-electron chi connectivity index (χ1n) is 7.30. The van der Waals surface area contributed by atoms with Gasteiger partial charge in [0.05, 0.1) is 28.5 Å². The maximum Gasteiger partial charge on any atom is 0.243 e. The number of aromatic nitrogens is 2. The van der Waals surface area contributed by atoms with Crippen LogP contribution < -0.4 is 5.73 Å². The van der Waals surface area contributed by atoms with Crippen molar-refractivity contribution in [3.8, 4) is 0 Å². The summed E-state index contributed by atoms with van der Waals surface area (Å²) in [4.78, 5) is 8.56. The third kappa shape index (κ3) is 3.10. The molecule has 2 aromatic rings. The van der Waals surface area contributed by atoms with E-state index in [1.165, 1.54) is 16.4 Å². The Bertz CT molecular complexity index is 795. The number of nitrogens with zero attached hydrogens (tertiary/aromatic N) is 3. The van der Waals surface area contributed by atoms with Gasteiger partial charge in [-0.05, 0) is 37.1 Å². The fourth-order valence-electron chi connectivity index (χ4n) is 2.75. The van der Waals surface area contributed by atoms with E-state index >= 15 is 0 Å². The molecule has 0 bridgehead atoms. The van der Waals surface area contributed by atoms with E-state index in [1.54, 1.807) is 12.4 Å². The monoisotopic (exact) mass is 336 g/mol. The van der Waals surface area contributed by atoms with E-state index in [1.807, 2.05) is 0 Å². The van der Waals surface area contributed by atoms with Crippen molar-refractivity contribution in [2.24, 2.45) is 5.73 Å². The number of nitrogens with two attached hydrogens (primary N) is 1. The summed E-state index contributed by atoms with van der Waals surface area (Å²) in [5.74, 6) is -0.469. The van der Waals surface area contributed by atoms with Gasteiger partial charge in [0, 0.05) is 19.3 Å². The highest BCUT2D eigenvalue weighted by Crippen LogP contribution is 2.35. The lowest BCUT2D eigenvalue weighted by atomic mass is 10.2. The molecule has 1 atom stereocenters. The van der Waals surface area contributed by atoms with E-state index in [4.69, 9.17) is 5.73 Å². The summed E-state index contributed by atoms with van der Waals surface area (Å²) in [5, 5.41) is 0. The molecule has 0 radical (unpaired) electrons. The minimum absolute atomic E-state index is 0.0775. The van der Waals surface area contributed by atoms with Crippen LogP contribution in [-0.4, -0.2) is 29.2 Å². The van der Waals surface area contributed by atoms with Gasteiger partial charge in [-0.1, -0.05) is 0 Å². The van der Waals surface area contributed by atoms with Gasteiger partial charge in [-0.15, -0.1) is 0 Å². The fourth-order valence-corrected chi connectivity index (χ4v) is 4.42. The first-order chi connectivity index (χ1) is 11.0. The molecule has 1 aliphatic rings. The average Bonchev–Trinajstić information content (AvgIpc) is 3.06. The van der Waals surface area contributed by atoms with Crippen molar-refractivity contribution in [1.29, 1.82) is 0 Å². The first kappa shape index (κ1) is 16.0. The number of benzene rings is 1. The lowest BCUT2D eigenvalue weighted by Gasteiger charge is -2.23. The van der Waals surface area contributed by atoms with Gasteiger partial charge in [-0.3, -0.25) is 9.97 Å². The van der Waals surface area contributed by atoms with Crippen LogP contribution >= 0.6 is 0 Å².